The Labute approximate surface area is 106 Å². The molecule has 1 N–H and O–H groups in total. The second kappa shape index (κ2) is 6.65. The maximum absolute atomic E-state index is 3.42. The monoisotopic (exact) mass is 234 g/mol. The molecule has 2 heteroatoms. The third kappa shape index (κ3) is 3.74. The Morgan fingerprint density at radius 3 is 2.47 bits per heavy atom. The van der Waals surface area contributed by atoms with E-state index in [0.29, 0.717) is 6.04 Å². The zero-order chi connectivity index (χ0) is 12.8. The summed E-state index contributed by atoms with van der Waals surface area (Å²) in [5.41, 5.74) is 4.11. The van der Waals surface area contributed by atoms with E-state index in [9.17, 15) is 0 Å². The average molecular weight is 234 g/mol. The summed E-state index contributed by atoms with van der Waals surface area (Å²) in [5, 5.41) is 3.42. The fraction of sp³-hybridized carbons (Fsp3) is 0.600. The molecule has 0 aliphatic rings. The first kappa shape index (κ1) is 14.0. The highest BCUT2D eigenvalue weighted by molar-refractivity contribution is 5.55. The summed E-state index contributed by atoms with van der Waals surface area (Å²) < 4.78 is 0. The second-order valence-electron chi connectivity index (χ2n) is 4.79. The number of nitrogens with zero attached hydrogens (tertiary/aromatic N) is 1. The Morgan fingerprint density at radius 1 is 1.24 bits per heavy atom. The van der Waals surface area contributed by atoms with Gasteiger partial charge in [0.25, 0.3) is 0 Å². The van der Waals surface area contributed by atoms with E-state index in [0.717, 1.165) is 19.6 Å². The maximum atomic E-state index is 3.42. The van der Waals surface area contributed by atoms with Gasteiger partial charge in [-0.05, 0) is 45.9 Å². The molecule has 0 aromatic heterocycles. The zero-order valence-corrected chi connectivity index (χ0v) is 11.9. The Kier molecular flexibility index (Phi) is 5.49. The molecule has 0 aliphatic heterocycles. The molecule has 0 fully saturated rings. The number of nitrogens with one attached hydrogen (secondary N) is 1. The van der Waals surface area contributed by atoms with Gasteiger partial charge >= 0.3 is 0 Å². The molecule has 0 bridgehead atoms. The summed E-state index contributed by atoms with van der Waals surface area (Å²) in [6.45, 7) is 14.1. The summed E-state index contributed by atoms with van der Waals surface area (Å²) in [4.78, 5) is 2.45. The predicted molar refractivity (Wildman–Crippen MR) is 76.7 cm³/mol. The molecule has 1 aromatic carbocycles. The first-order chi connectivity index (χ1) is 8.10. The van der Waals surface area contributed by atoms with E-state index in [4.69, 9.17) is 0 Å². The summed E-state index contributed by atoms with van der Waals surface area (Å²) in [6, 6.07) is 7.30. The van der Waals surface area contributed by atoms with Gasteiger partial charge in [0.1, 0.15) is 0 Å². The van der Waals surface area contributed by atoms with Gasteiger partial charge in [-0.25, -0.2) is 0 Å². The number of benzene rings is 1. The Balaban J connectivity index is 3.03. The van der Waals surface area contributed by atoms with Crippen LogP contribution in [0.5, 0.6) is 0 Å². The van der Waals surface area contributed by atoms with Crippen molar-refractivity contribution >= 4 is 5.69 Å². The third-order valence-corrected chi connectivity index (χ3v) is 3.07. The molecule has 0 amide bonds. The van der Waals surface area contributed by atoms with E-state index in [-0.39, 0.29) is 0 Å². The molecule has 1 aromatic rings. The van der Waals surface area contributed by atoms with Crippen LogP contribution in [0.1, 0.15) is 38.8 Å². The summed E-state index contributed by atoms with van der Waals surface area (Å²) in [5.74, 6) is 0. The fourth-order valence-electron chi connectivity index (χ4n) is 2.21. The van der Waals surface area contributed by atoms with Gasteiger partial charge in [-0.3, -0.25) is 0 Å². The Bertz CT molecular complexity index is 345. The molecule has 1 rings (SSSR count). The molecule has 17 heavy (non-hydrogen) atoms. The normalized spacial score (nSPS) is 10.9. The molecule has 0 saturated heterocycles. The molecule has 0 heterocycles. The Hall–Kier alpha value is -1.02. The first-order valence-corrected chi connectivity index (χ1v) is 6.67. The highest BCUT2D eigenvalue weighted by Crippen LogP contribution is 2.23. The minimum atomic E-state index is 0.545. The van der Waals surface area contributed by atoms with Crippen LogP contribution in [0, 0.1) is 6.92 Å². The molecular formula is C15H26N2. The SMILES string of the molecule is CCNCc1cc(C)ccc1N(CC)C(C)C. The van der Waals surface area contributed by atoms with Gasteiger partial charge in [0.2, 0.25) is 0 Å². The van der Waals surface area contributed by atoms with Gasteiger partial charge in [0.15, 0.2) is 0 Å². The van der Waals surface area contributed by atoms with E-state index >= 15 is 0 Å². The molecule has 0 radical (unpaired) electrons. The van der Waals surface area contributed by atoms with Crippen LogP contribution in [0.2, 0.25) is 0 Å². The van der Waals surface area contributed by atoms with Gasteiger partial charge in [0, 0.05) is 24.8 Å². The molecule has 0 saturated carbocycles. The van der Waals surface area contributed by atoms with Gasteiger partial charge < -0.3 is 10.2 Å². The maximum Gasteiger partial charge on any atom is 0.0414 e. The first-order valence-electron chi connectivity index (χ1n) is 6.67. The molecule has 0 unspecified atom stereocenters. The smallest absolute Gasteiger partial charge is 0.0414 e. The minimum Gasteiger partial charge on any atom is -0.369 e. The molecule has 2 nitrogen and oxygen atoms in total. The minimum absolute atomic E-state index is 0.545. The van der Waals surface area contributed by atoms with Crippen LogP contribution >= 0.6 is 0 Å². The van der Waals surface area contributed by atoms with Crippen LogP contribution in [0.3, 0.4) is 0 Å². The molecular weight excluding hydrogens is 208 g/mol. The lowest BCUT2D eigenvalue weighted by Gasteiger charge is -2.30. The highest BCUT2D eigenvalue weighted by Gasteiger charge is 2.12. The lowest BCUT2D eigenvalue weighted by atomic mass is 10.1. The summed E-state index contributed by atoms with van der Waals surface area (Å²) in [6.07, 6.45) is 0. The number of hydrogen-bond acceptors (Lipinski definition) is 2. The van der Waals surface area contributed by atoms with Gasteiger partial charge in [-0.1, -0.05) is 24.6 Å². The third-order valence-electron chi connectivity index (χ3n) is 3.07. The predicted octanol–water partition coefficient (Wildman–Crippen LogP) is 3.34. The topological polar surface area (TPSA) is 15.3 Å². The van der Waals surface area contributed by atoms with Gasteiger partial charge in [-0.15, -0.1) is 0 Å². The van der Waals surface area contributed by atoms with Crippen molar-refractivity contribution in [2.45, 2.75) is 47.2 Å². The van der Waals surface area contributed by atoms with Crippen LogP contribution in [-0.4, -0.2) is 19.1 Å². The van der Waals surface area contributed by atoms with E-state index in [2.05, 4.69) is 63.0 Å². The van der Waals surface area contributed by atoms with E-state index in [1.54, 1.807) is 0 Å². The van der Waals surface area contributed by atoms with Crippen molar-refractivity contribution in [3.8, 4) is 0 Å². The van der Waals surface area contributed by atoms with Crippen molar-refractivity contribution in [2.75, 3.05) is 18.0 Å². The number of anilines is 1. The lowest BCUT2D eigenvalue weighted by molar-refractivity contribution is 0.683. The van der Waals surface area contributed by atoms with Gasteiger partial charge in [0.05, 0.1) is 0 Å². The van der Waals surface area contributed by atoms with Crippen molar-refractivity contribution in [3.05, 3.63) is 29.3 Å². The van der Waals surface area contributed by atoms with E-state index < -0.39 is 0 Å². The van der Waals surface area contributed by atoms with Gasteiger partial charge in [-0.2, -0.15) is 0 Å². The summed E-state index contributed by atoms with van der Waals surface area (Å²) >= 11 is 0. The van der Waals surface area contributed by atoms with Crippen LogP contribution in [-0.2, 0) is 6.54 Å². The highest BCUT2D eigenvalue weighted by atomic mass is 15.1. The van der Waals surface area contributed by atoms with Crippen molar-refractivity contribution in [1.82, 2.24) is 5.32 Å². The van der Waals surface area contributed by atoms with Crippen LogP contribution < -0.4 is 10.2 Å². The fourth-order valence-corrected chi connectivity index (χ4v) is 2.21. The molecule has 0 spiro atoms. The van der Waals surface area contributed by atoms with Crippen LogP contribution in [0.4, 0.5) is 5.69 Å². The van der Waals surface area contributed by atoms with E-state index in [1.807, 2.05) is 0 Å². The molecule has 0 aliphatic carbocycles. The van der Waals surface area contributed by atoms with Crippen molar-refractivity contribution < 1.29 is 0 Å². The standard InChI is InChI=1S/C15H26N2/c1-6-16-11-14-10-13(5)8-9-15(14)17(7-2)12(3)4/h8-10,12,16H,6-7,11H2,1-5H3. The number of aryl methyl sites for hydroxylation is 1. The zero-order valence-electron chi connectivity index (χ0n) is 11.9. The van der Waals surface area contributed by atoms with Crippen LogP contribution in [0.25, 0.3) is 0 Å². The summed E-state index contributed by atoms with van der Waals surface area (Å²) in [7, 11) is 0. The number of rotatable bonds is 6. The quantitative estimate of drug-likeness (QED) is 0.812. The van der Waals surface area contributed by atoms with Crippen molar-refractivity contribution in [1.29, 1.82) is 0 Å². The second-order valence-corrected chi connectivity index (χ2v) is 4.79. The number of hydrogen-bond donors (Lipinski definition) is 1. The van der Waals surface area contributed by atoms with Crippen molar-refractivity contribution in [3.63, 3.8) is 0 Å². The van der Waals surface area contributed by atoms with E-state index in [1.165, 1.54) is 16.8 Å². The lowest BCUT2D eigenvalue weighted by Crippen LogP contribution is -2.31. The Morgan fingerprint density at radius 2 is 1.94 bits per heavy atom. The van der Waals surface area contributed by atoms with Crippen LogP contribution in [0.15, 0.2) is 18.2 Å². The average Bonchev–Trinajstić information content (AvgIpc) is 2.29. The largest absolute Gasteiger partial charge is 0.369 e. The van der Waals surface area contributed by atoms with Crippen molar-refractivity contribution in [2.24, 2.45) is 0 Å². The molecule has 96 valence electrons. The molecule has 0 atom stereocenters.